The summed E-state index contributed by atoms with van der Waals surface area (Å²) in [6, 6.07) is 6.43. The zero-order valence-corrected chi connectivity index (χ0v) is 11.0. The topological polar surface area (TPSA) is 43.8 Å². The van der Waals surface area contributed by atoms with E-state index in [1.165, 1.54) is 16.7 Å². The molecule has 0 amide bonds. The van der Waals surface area contributed by atoms with Gasteiger partial charge in [-0.3, -0.25) is 4.68 Å². The number of hydrogen-bond donors (Lipinski definition) is 1. The van der Waals surface area contributed by atoms with Crippen LogP contribution in [0.4, 0.5) is 5.82 Å². The van der Waals surface area contributed by atoms with Crippen molar-refractivity contribution < 1.29 is 0 Å². The number of rotatable bonds is 2. The van der Waals surface area contributed by atoms with Crippen LogP contribution in [-0.4, -0.2) is 9.78 Å². The van der Waals surface area contributed by atoms with Gasteiger partial charge in [-0.25, -0.2) is 0 Å². The molecular formula is C12H14BrN3. The Hall–Kier alpha value is -1.29. The summed E-state index contributed by atoms with van der Waals surface area (Å²) in [6.07, 6.45) is 1.90. The van der Waals surface area contributed by atoms with Crippen LogP contribution in [0.25, 0.3) is 0 Å². The van der Waals surface area contributed by atoms with Crippen molar-refractivity contribution in [2.45, 2.75) is 20.4 Å². The van der Waals surface area contributed by atoms with Crippen molar-refractivity contribution in [2.75, 3.05) is 5.73 Å². The number of aryl methyl sites for hydroxylation is 2. The lowest BCUT2D eigenvalue weighted by Crippen LogP contribution is -2.03. The molecular weight excluding hydrogens is 266 g/mol. The monoisotopic (exact) mass is 279 g/mol. The maximum atomic E-state index is 5.68. The minimum atomic E-state index is 0.533. The highest BCUT2D eigenvalue weighted by Crippen LogP contribution is 2.18. The highest BCUT2D eigenvalue weighted by molar-refractivity contribution is 9.10. The molecule has 0 aliphatic rings. The fourth-order valence-corrected chi connectivity index (χ4v) is 1.95. The molecule has 3 nitrogen and oxygen atoms in total. The van der Waals surface area contributed by atoms with Gasteiger partial charge in [0.2, 0.25) is 0 Å². The predicted molar refractivity (Wildman–Crippen MR) is 69.4 cm³/mol. The Morgan fingerprint density at radius 2 is 2.12 bits per heavy atom. The molecule has 16 heavy (non-hydrogen) atoms. The Bertz CT molecular complexity index is 497. The molecule has 0 atom stereocenters. The first-order chi connectivity index (χ1) is 7.56. The van der Waals surface area contributed by atoms with Crippen molar-refractivity contribution in [3.8, 4) is 0 Å². The number of hydrogen-bond acceptors (Lipinski definition) is 2. The molecule has 0 saturated carbocycles. The molecule has 1 heterocycles. The van der Waals surface area contributed by atoms with Crippen molar-refractivity contribution >= 4 is 21.7 Å². The van der Waals surface area contributed by atoms with Gasteiger partial charge in [-0.15, -0.1) is 0 Å². The molecule has 84 valence electrons. The second kappa shape index (κ2) is 4.29. The Morgan fingerprint density at radius 3 is 2.75 bits per heavy atom. The van der Waals surface area contributed by atoms with E-state index in [2.05, 4.69) is 53.1 Å². The minimum absolute atomic E-state index is 0.533. The van der Waals surface area contributed by atoms with Crippen molar-refractivity contribution in [1.82, 2.24) is 9.78 Å². The van der Waals surface area contributed by atoms with E-state index < -0.39 is 0 Å². The van der Waals surface area contributed by atoms with E-state index in [-0.39, 0.29) is 0 Å². The SMILES string of the molecule is Cc1ccc(C)c(Cn2cc(Br)c(N)n2)c1. The summed E-state index contributed by atoms with van der Waals surface area (Å²) in [6.45, 7) is 4.95. The first-order valence-corrected chi connectivity index (χ1v) is 5.90. The van der Waals surface area contributed by atoms with Gasteiger partial charge in [0.1, 0.15) is 0 Å². The van der Waals surface area contributed by atoms with Crippen LogP contribution in [0.1, 0.15) is 16.7 Å². The molecule has 0 saturated heterocycles. The normalized spacial score (nSPS) is 10.7. The molecule has 0 unspecified atom stereocenters. The molecule has 0 radical (unpaired) electrons. The van der Waals surface area contributed by atoms with Crippen LogP contribution in [0.15, 0.2) is 28.9 Å². The van der Waals surface area contributed by atoms with Gasteiger partial charge in [0.25, 0.3) is 0 Å². The van der Waals surface area contributed by atoms with Gasteiger partial charge in [-0.1, -0.05) is 23.8 Å². The number of anilines is 1. The maximum Gasteiger partial charge on any atom is 0.159 e. The van der Waals surface area contributed by atoms with Crippen LogP contribution >= 0.6 is 15.9 Å². The lowest BCUT2D eigenvalue weighted by atomic mass is 10.1. The van der Waals surface area contributed by atoms with E-state index in [9.17, 15) is 0 Å². The summed E-state index contributed by atoms with van der Waals surface area (Å²) in [7, 11) is 0. The first kappa shape index (κ1) is 11.2. The zero-order chi connectivity index (χ0) is 11.7. The molecule has 0 bridgehead atoms. The summed E-state index contributed by atoms with van der Waals surface area (Å²) in [4.78, 5) is 0. The van der Waals surface area contributed by atoms with Gasteiger partial charge < -0.3 is 5.73 Å². The van der Waals surface area contributed by atoms with Crippen molar-refractivity contribution in [1.29, 1.82) is 0 Å². The van der Waals surface area contributed by atoms with Crippen LogP contribution in [0.5, 0.6) is 0 Å². The summed E-state index contributed by atoms with van der Waals surface area (Å²) in [5.41, 5.74) is 9.49. The molecule has 0 aliphatic heterocycles. The minimum Gasteiger partial charge on any atom is -0.381 e. The molecule has 4 heteroatoms. The fraction of sp³-hybridized carbons (Fsp3) is 0.250. The van der Waals surface area contributed by atoms with Gasteiger partial charge in [0.05, 0.1) is 11.0 Å². The second-order valence-electron chi connectivity index (χ2n) is 3.99. The van der Waals surface area contributed by atoms with Crippen LogP contribution in [0.2, 0.25) is 0 Å². The van der Waals surface area contributed by atoms with E-state index in [1.54, 1.807) is 0 Å². The highest BCUT2D eigenvalue weighted by atomic mass is 79.9. The third-order valence-corrected chi connectivity index (χ3v) is 3.19. The number of aromatic nitrogens is 2. The Kier molecular flexibility index (Phi) is 3.01. The Labute approximate surface area is 103 Å². The quantitative estimate of drug-likeness (QED) is 0.919. The van der Waals surface area contributed by atoms with E-state index in [0.29, 0.717) is 5.82 Å². The largest absolute Gasteiger partial charge is 0.381 e. The lowest BCUT2D eigenvalue weighted by molar-refractivity contribution is 0.686. The number of nitrogen functional groups attached to an aromatic ring is 1. The molecule has 2 aromatic rings. The van der Waals surface area contributed by atoms with Crippen molar-refractivity contribution in [2.24, 2.45) is 0 Å². The summed E-state index contributed by atoms with van der Waals surface area (Å²) < 4.78 is 2.69. The molecule has 1 aromatic carbocycles. The molecule has 1 aromatic heterocycles. The smallest absolute Gasteiger partial charge is 0.159 e. The van der Waals surface area contributed by atoms with Crippen molar-refractivity contribution in [3.05, 3.63) is 45.6 Å². The maximum absolute atomic E-state index is 5.68. The Morgan fingerprint density at radius 1 is 1.38 bits per heavy atom. The highest BCUT2D eigenvalue weighted by Gasteiger charge is 2.04. The lowest BCUT2D eigenvalue weighted by Gasteiger charge is -2.07. The van der Waals surface area contributed by atoms with Gasteiger partial charge >= 0.3 is 0 Å². The van der Waals surface area contributed by atoms with Crippen LogP contribution in [-0.2, 0) is 6.54 Å². The Balaban J connectivity index is 2.29. The molecule has 0 aliphatic carbocycles. The zero-order valence-electron chi connectivity index (χ0n) is 9.37. The molecule has 0 spiro atoms. The van der Waals surface area contributed by atoms with Gasteiger partial charge in [0.15, 0.2) is 5.82 Å². The summed E-state index contributed by atoms with van der Waals surface area (Å²) in [5.74, 6) is 0.533. The van der Waals surface area contributed by atoms with E-state index in [4.69, 9.17) is 5.73 Å². The van der Waals surface area contributed by atoms with Crippen LogP contribution < -0.4 is 5.73 Å². The fourth-order valence-electron chi connectivity index (χ4n) is 1.64. The third-order valence-electron chi connectivity index (χ3n) is 2.58. The summed E-state index contributed by atoms with van der Waals surface area (Å²) in [5, 5.41) is 4.22. The summed E-state index contributed by atoms with van der Waals surface area (Å²) >= 11 is 3.35. The van der Waals surface area contributed by atoms with E-state index >= 15 is 0 Å². The first-order valence-electron chi connectivity index (χ1n) is 5.11. The number of nitrogens with two attached hydrogens (primary N) is 1. The standard InChI is InChI=1S/C12H14BrN3/c1-8-3-4-9(2)10(5-8)6-16-7-11(13)12(14)15-16/h3-5,7H,6H2,1-2H3,(H2,14,15). The molecule has 0 fully saturated rings. The van der Waals surface area contributed by atoms with Crippen LogP contribution in [0, 0.1) is 13.8 Å². The molecule has 2 N–H and O–H groups in total. The van der Waals surface area contributed by atoms with E-state index in [1.807, 2.05) is 10.9 Å². The second-order valence-corrected chi connectivity index (χ2v) is 4.84. The number of benzene rings is 1. The van der Waals surface area contributed by atoms with Gasteiger partial charge in [-0.2, -0.15) is 5.10 Å². The average molecular weight is 280 g/mol. The van der Waals surface area contributed by atoms with Gasteiger partial charge in [0, 0.05) is 6.20 Å². The number of nitrogens with zero attached hydrogens (tertiary/aromatic N) is 2. The van der Waals surface area contributed by atoms with Crippen LogP contribution in [0.3, 0.4) is 0 Å². The molecule has 2 rings (SSSR count). The van der Waals surface area contributed by atoms with Gasteiger partial charge in [-0.05, 0) is 40.9 Å². The predicted octanol–water partition coefficient (Wildman–Crippen LogP) is 2.89. The van der Waals surface area contributed by atoms with E-state index in [0.717, 1.165) is 11.0 Å². The van der Waals surface area contributed by atoms with Crippen molar-refractivity contribution in [3.63, 3.8) is 0 Å². The number of halogens is 1. The third kappa shape index (κ3) is 2.27. The average Bonchev–Trinajstić information content (AvgIpc) is 2.52.